The van der Waals surface area contributed by atoms with Gasteiger partial charge in [0.2, 0.25) is 10.0 Å². The van der Waals surface area contributed by atoms with Crippen LogP contribution in [0.25, 0.3) is 0 Å². The summed E-state index contributed by atoms with van der Waals surface area (Å²) < 4.78 is 28.1. The second kappa shape index (κ2) is 4.86. The minimum absolute atomic E-state index is 0.167. The predicted octanol–water partition coefficient (Wildman–Crippen LogP) is -0.632. The molecule has 9 heteroatoms. The summed E-state index contributed by atoms with van der Waals surface area (Å²) in [5.74, 6) is 0.724. The lowest BCUT2D eigenvalue weighted by Gasteiger charge is -2.05. The van der Waals surface area contributed by atoms with E-state index in [4.69, 9.17) is 0 Å². The second-order valence-electron chi connectivity index (χ2n) is 3.87. The van der Waals surface area contributed by atoms with Crippen molar-refractivity contribution in [2.75, 3.05) is 6.54 Å². The van der Waals surface area contributed by atoms with Gasteiger partial charge >= 0.3 is 0 Å². The fourth-order valence-corrected chi connectivity index (χ4v) is 2.69. The highest BCUT2D eigenvalue weighted by molar-refractivity contribution is 7.89. The van der Waals surface area contributed by atoms with Gasteiger partial charge in [-0.15, -0.1) is 10.2 Å². The molecule has 0 saturated heterocycles. The van der Waals surface area contributed by atoms with E-state index in [-0.39, 0.29) is 11.4 Å². The van der Waals surface area contributed by atoms with Gasteiger partial charge in [0.1, 0.15) is 17.0 Å². The first-order chi connectivity index (χ1) is 8.50. The average Bonchev–Trinajstić information content (AvgIpc) is 2.88. The number of nitrogens with zero attached hydrogens (tertiary/aromatic N) is 4. The van der Waals surface area contributed by atoms with E-state index in [2.05, 4.69) is 25.1 Å². The van der Waals surface area contributed by atoms with Crippen LogP contribution in [0.15, 0.2) is 17.4 Å². The van der Waals surface area contributed by atoms with Crippen molar-refractivity contribution in [3.63, 3.8) is 0 Å². The minimum atomic E-state index is -3.51. The van der Waals surface area contributed by atoms with Crippen LogP contribution in [0.1, 0.15) is 11.5 Å². The quantitative estimate of drug-likeness (QED) is 0.752. The fourth-order valence-electron chi connectivity index (χ4n) is 1.52. The lowest BCUT2D eigenvalue weighted by molar-refractivity contribution is 0.579. The van der Waals surface area contributed by atoms with E-state index in [0.717, 1.165) is 5.82 Å². The summed E-state index contributed by atoms with van der Waals surface area (Å²) in [6.07, 6.45) is 3.34. The van der Waals surface area contributed by atoms with Gasteiger partial charge in [-0.1, -0.05) is 0 Å². The van der Waals surface area contributed by atoms with Crippen molar-refractivity contribution < 1.29 is 8.42 Å². The van der Waals surface area contributed by atoms with Gasteiger partial charge in [-0.2, -0.15) is 5.10 Å². The van der Waals surface area contributed by atoms with Crippen LogP contribution >= 0.6 is 0 Å². The maximum absolute atomic E-state index is 11.9. The number of aromatic nitrogens is 5. The van der Waals surface area contributed by atoms with Gasteiger partial charge in [0.15, 0.2) is 0 Å². The van der Waals surface area contributed by atoms with Gasteiger partial charge in [-0.3, -0.25) is 5.10 Å². The zero-order valence-electron chi connectivity index (χ0n) is 10.1. The molecule has 2 N–H and O–H groups in total. The Morgan fingerprint density at radius 2 is 2.28 bits per heavy atom. The first-order valence-electron chi connectivity index (χ1n) is 5.33. The molecule has 0 aliphatic heterocycles. The molecule has 0 unspecified atom stereocenters. The molecule has 0 atom stereocenters. The molecular weight excluding hydrogens is 256 g/mol. The normalized spacial score (nSPS) is 11.9. The van der Waals surface area contributed by atoms with E-state index in [9.17, 15) is 8.42 Å². The third-order valence-corrected chi connectivity index (χ3v) is 4.09. The zero-order chi connectivity index (χ0) is 13.2. The molecular formula is C9H14N6O2S. The maximum Gasteiger partial charge on any atom is 0.243 e. The molecule has 0 saturated carbocycles. The van der Waals surface area contributed by atoms with Crippen molar-refractivity contribution in [2.24, 2.45) is 7.05 Å². The first kappa shape index (κ1) is 12.7. The third-order valence-electron chi connectivity index (χ3n) is 2.52. The van der Waals surface area contributed by atoms with Gasteiger partial charge in [0.05, 0.1) is 11.9 Å². The predicted molar refractivity (Wildman–Crippen MR) is 63.2 cm³/mol. The van der Waals surface area contributed by atoms with Crippen LogP contribution in [0.5, 0.6) is 0 Å². The van der Waals surface area contributed by atoms with Crippen LogP contribution in [0.3, 0.4) is 0 Å². The molecule has 0 aromatic carbocycles. The Bertz CT molecular complexity index is 629. The van der Waals surface area contributed by atoms with Gasteiger partial charge in [0, 0.05) is 20.0 Å². The van der Waals surface area contributed by atoms with Crippen molar-refractivity contribution in [1.29, 1.82) is 0 Å². The molecule has 0 spiro atoms. The first-order valence-corrected chi connectivity index (χ1v) is 6.81. The number of aryl methyl sites for hydroxylation is 2. The van der Waals surface area contributed by atoms with Crippen molar-refractivity contribution in [1.82, 2.24) is 29.7 Å². The fraction of sp³-hybridized carbons (Fsp3) is 0.444. The van der Waals surface area contributed by atoms with Gasteiger partial charge in [-0.25, -0.2) is 13.1 Å². The monoisotopic (exact) mass is 270 g/mol. The smallest absolute Gasteiger partial charge is 0.243 e. The van der Waals surface area contributed by atoms with Crippen molar-refractivity contribution in [3.05, 3.63) is 24.0 Å². The summed E-state index contributed by atoms with van der Waals surface area (Å²) in [5, 5.41) is 13.9. The van der Waals surface area contributed by atoms with Crippen LogP contribution in [-0.4, -0.2) is 39.9 Å². The van der Waals surface area contributed by atoms with Crippen LogP contribution in [0.4, 0.5) is 0 Å². The van der Waals surface area contributed by atoms with Gasteiger partial charge < -0.3 is 4.57 Å². The minimum Gasteiger partial charge on any atom is -0.321 e. The van der Waals surface area contributed by atoms with Crippen LogP contribution in [0.2, 0.25) is 0 Å². The zero-order valence-corrected chi connectivity index (χ0v) is 10.9. The molecule has 0 radical (unpaired) electrons. The molecule has 18 heavy (non-hydrogen) atoms. The maximum atomic E-state index is 11.9. The molecule has 0 aliphatic carbocycles. The van der Waals surface area contributed by atoms with Crippen molar-refractivity contribution in [2.45, 2.75) is 18.2 Å². The number of sulfonamides is 1. The highest BCUT2D eigenvalue weighted by Gasteiger charge is 2.18. The van der Waals surface area contributed by atoms with Crippen molar-refractivity contribution >= 4 is 10.0 Å². The molecule has 0 amide bonds. The van der Waals surface area contributed by atoms with Gasteiger partial charge in [-0.05, 0) is 6.92 Å². The number of rotatable bonds is 5. The number of H-pyrrole nitrogens is 1. The Kier molecular flexibility index (Phi) is 3.43. The molecule has 0 fully saturated rings. The Balaban J connectivity index is 1.99. The van der Waals surface area contributed by atoms with E-state index in [0.29, 0.717) is 12.1 Å². The summed E-state index contributed by atoms with van der Waals surface area (Å²) in [5.41, 5.74) is 0.515. The van der Waals surface area contributed by atoms with Gasteiger partial charge in [0.25, 0.3) is 0 Å². The summed E-state index contributed by atoms with van der Waals surface area (Å²) >= 11 is 0. The highest BCUT2D eigenvalue weighted by atomic mass is 32.2. The molecule has 0 bridgehead atoms. The molecule has 8 nitrogen and oxygen atoms in total. The number of aromatic amines is 1. The van der Waals surface area contributed by atoms with Crippen LogP contribution < -0.4 is 4.72 Å². The highest BCUT2D eigenvalue weighted by Crippen LogP contribution is 2.10. The average molecular weight is 270 g/mol. The molecule has 98 valence electrons. The topological polar surface area (TPSA) is 106 Å². The van der Waals surface area contributed by atoms with Crippen molar-refractivity contribution in [3.8, 4) is 0 Å². The summed E-state index contributed by atoms with van der Waals surface area (Å²) in [6, 6.07) is 0. The van der Waals surface area contributed by atoms with E-state index >= 15 is 0 Å². The lowest BCUT2D eigenvalue weighted by Crippen LogP contribution is -2.26. The van der Waals surface area contributed by atoms with E-state index in [1.807, 2.05) is 7.05 Å². The molecule has 2 aromatic heterocycles. The molecule has 2 rings (SSSR count). The standard InChI is InChI=1S/C9H14N6O2S/c1-7-8(5-10-13-7)18(16,17)12-4-3-9-14-11-6-15(9)2/h5-6,12H,3-4H2,1-2H3,(H,10,13). The summed E-state index contributed by atoms with van der Waals surface area (Å²) in [4.78, 5) is 0.167. The number of nitrogens with one attached hydrogen (secondary N) is 2. The Hall–Kier alpha value is -1.74. The second-order valence-corrected chi connectivity index (χ2v) is 5.60. The number of hydrogen-bond donors (Lipinski definition) is 2. The lowest BCUT2D eigenvalue weighted by atomic mass is 10.4. The molecule has 0 aliphatic rings. The summed E-state index contributed by atoms with van der Waals surface area (Å²) in [6.45, 7) is 1.92. The SMILES string of the molecule is Cc1[nH]ncc1S(=O)(=O)NCCc1nncn1C. The number of hydrogen-bond acceptors (Lipinski definition) is 5. The van der Waals surface area contributed by atoms with E-state index < -0.39 is 10.0 Å². The molecule has 2 heterocycles. The largest absolute Gasteiger partial charge is 0.321 e. The van der Waals surface area contributed by atoms with E-state index in [1.165, 1.54) is 6.20 Å². The third kappa shape index (κ3) is 2.57. The summed E-state index contributed by atoms with van der Waals surface area (Å²) in [7, 11) is -1.71. The van der Waals surface area contributed by atoms with Crippen LogP contribution in [0, 0.1) is 6.92 Å². The Morgan fingerprint density at radius 1 is 1.50 bits per heavy atom. The van der Waals surface area contributed by atoms with Crippen LogP contribution in [-0.2, 0) is 23.5 Å². The Morgan fingerprint density at radius 3 is 2.83 bits per heavy atom. The van der Waals surface area contributed by atoms with E-state index in [1.54, 1.807) is 17.8 Å². The molecule has 2 aromatic rings. The Labute approximate surface area is 104 Å².